The lowest BCUT2D eigenvalue weighted by Crippen LogP contribution is -2.35. The number of piperidine rings is 1. The molecule has 22 heavy (non-hydrogen) atoms. The van der Waals surface area contributed by atoms with Crippen LogP contribution in [0, 0.1) is 12.8 Å². The summed E-state index contributed by atoms with van der Waals surface area (Å²) in [4.78, 5) is 13.8. The second-order valence-electron chi connectivity index (χ2n) is 6.73. The summed E-state index contributed by atoms with van der Waals surface area (Å²) in [6.45, 7) is 8.77. The summed E-state index contributed by atoms with van der Waals surface area (Å²) in [7, 11) is 0. The molecule has 1 aromatic heterocycles. The molecule has 1 fully saturated rings. The molecule has 0 N–H and O–H groups in total. The molecule has 1 aliphatic rings. The largest absolute Gasteiger partial charge is 0.303 e. The number of carbonyl (C=O) groups excluding carboxylic acids is 1. The first-order valence-electron chi connectivity index (χ1n) is 8.90. The minimum atomic E-state index is 0.412. The molecule has 4 heteroatoms. The predicted octanol–water partition coefficient (Wildman–Crippen LogP) is 3.44. The number of rotatable bonds is 9. The lowest BCUT2D eigenvalue weighted by molar-refractivity contribution is -0.118. The van der Waals surface area contributed by atoms with Crippen LogP contribution in [0.1, 0.15) is 57.4 Å². The van der Waals surface area contributed by atoms with E-state index in [0.29, 0.717) is 12.2 Å². The molecule has 2 rings (SSSR count). The molecule has 0 bridgehead atoms. The Kier molecular flexibility index (Phi) is 7.10. The number of hydrogen-bond donors (Lipinski definition) is 0. The van der Waals surface area contributed by atoms with E-state index in [1.807, 2.05) is 13.1 Å². The zero-order chi connectivity index (χ0) is 15.8. The maximum atomic E-state index is 11.2. The van der Waals surface area contributed by atoms with Crippen LogP contribution in [0.3, 0.4) is 0 Å². The quantitative estimate of drug-likeness (QED) is 0.656. The minimum Gasteiger partial charge on any atom is -0.303 e. The Bertz CT molecular complexity index is 447. The number of carbonyl (C=O) groups is 1. The van der Waals surface area contributed by atoms with Crippen LogP contribution in [-0.2, 0) is 11.3 Å². The summed E-state index contributed by atoms with van der Waals surface area (Å²) in [6, 6.07) is 0. The first-order valence-corrected chi connectivity index (χ1v) is 8.90. The molecular weight excluding hydrogens is 274 g/mol. The lowest BCUT2D eigenvalue weighted by atomic mass is 9.96. The van der Waals surface area contributed by atoms with Crippen molar-refractivity contribution in [3.63, 3.8) is 0 Å². The molecule has 1 aliphatic heterocycles. The van der Waals surface area contributed by atoms with Crippen molar-refractivity contribution < 1.29 is 4.79 Å². The Labute approximate surface area is 134 Å². The molecule has 0 atom stereocenters. The Morgan fingerprint density at radius 1 is 1.27 bits per heavy atom. The number of unbranched alkanes of at least 4 members (excludes halogenated alkanes) is 2. The highest BCUT2D eigenvalue weighted by Gasteiger charge is 2.19. The summed E-state index contributed by atoms with van der Waals surface area (Å²) in [5.41, 5.74) is 1.25. The zero-order valence-corrected chi connectivity index (χ0v) is 14.3. The predicted molar refractivity (Wildman–Crippen MR) is 89.9 cm³/mol. The summed E-state index contributed by atoms with van der Waals surface area (Å²) < 4.78 is 2.10. The Balaban J connectivity index is 1.54. The minimum absolute atomic E-state index is 0.412. The van der Waals surface area contributed by atoms with Crippen LogP contribution >= 0.6 is 0 Å². The average molecular weight is 305 g/mol. The van der Waals surface area contributed by atoms with Gasteiger partial charge in [0.15, 0.2) is 0 Å². The van der Waals surface area contributed by atoms with Crippen molar-refractivity contribution >= 4 is 5.78 Å². The van der Waals surface area contributed by atoms with Gasteiger partial charge in [-0.3, -0.25) is 9.48 Å². The number of hydrogen-bond acceptors (Lipinski definition) is 3. The van der Waals surface area contributed by atoms with Crippen LogP contribution < -0.4 is 0 Å². The van der Waals surface area contributed by atoms with Crippen LogP contribution in [0.5, 0.6) is 0 Å². The van der Waals surface area contributed by atoms with Gasteiger partial charge in [0.25, 0.3) is 0 Å². The van der Waals surface area contributed by atoms with Gasteiger partial charge in [-0.15, -0.1) is 0 Å². The van der Waals surface area contributed by atoms with Gasteiger partial charge in [0.05, 0.1) is 6.20 Å². The maximum Gasteiger partial charge on any atom is 0.132 e. The molecule has 1 aromatic rings. The highest BCUT2D eigenvalue weighted by atomic mass is 16.1. The van der Waals surface area contributed by atoms with Crippen molar-refractivity contribution in [1.29, 1.82) is 0 Å². The number of Topliss-reactive ketones (excluding diaryl/α,β-unsaturated/α-hetero) is 1. The molecule has 0 unspecified atom stereocenters. The van der Waals surface area contributed by atoms with Crippen LogP contribution in [-0.4, -0.2) is 40.1 Å². The molecule has 2 heterocycles. The fourth-order valence-electron chi connectivity index (χ4n) is 3.24. The highest BCUT2D eigenvalue weighted by molar-refractivity contribution is 5.77. The molecule has 0 aliphatic carbocycles. The van der Waals surface area contributed by atoms with E-state index in [0.717, 1.165) is 25.3 Å². The second kappa shape index (κ2) is 9.09. The molecule has 0 saturated carbocycles. The summed E-state index contributed by atoms with van der Waals surface area (Å²) in [6.07, 6.45) is 11.6. The number of aryl methyl sites for hydroxylation is 1. The van der Waals surface area contributed by atoms with Crippen molar-refractivity contribution in [2.45, 2.75) is 65.3 Å². The van der Waals surface area contributed by atoms with E-state index < -0.39 is 0 Å². The van der Waals surface area contributed by atoms with E-state index in [2.05, 4.69) is 27.8 Å². The topological polar surface area (TPSA) is 38.1 Å². The van der Waals surface area contributed by atoms with Crippen molar-refractivity contribution in [1.82, 2.24) is 14.7 Å². The van der Waals surface area contributed by atoms with Crippen LogP contribution in [0.15, 0.2) is 12.4 Å². The number of ketones is 1. The van der Waals surface area contributed by atoms with E-state index in [-0.39, 0.29) is 0 Å². The molecule has 124 valence electrons. The maximum absolute atomic E-state index is 11.2. The number of aromatic nitrogens is 2. The van der Waals surface area contributed by atoms with E-state index in [1.54, 1.807) is 0 Å². The van der Waals surface area contributed by atoms with E-state index >= 15 is 0 Å². The van der Waals surface area contributed by atoms with Gasteiger partial charge >= 0.3 is 0 Å². The Hall–Kier alpha value is -1.16. The number of nitrogens with zero attached hydrogens (tertiary/aromatic N) is 3. The van der Waals surface area contributed by atoms with Gasteiger partial charge in [-0.2, -0.15) is 5.10 Å². The molecular formula is C18H31N3O. The lowest BCUT2D eigenvalue weighted by Gasteiger charge is -2.31. The first-order chi connectivity index (χ1) is 10.7. The molecule has 0 aromatic carbocycles. The van der Waals surface area contributed by atoms with Gasteiger partial charge in [-0.1, -0.05) is 13.3 Å². The van der Waals surface area contributed by atoms with E-state index in [4.69, 9.17) is 0 Å². The third-order valence-electron chi connectivity index (χ3n) is 4.74. The van der Waals surface area contributed by atoms with Gasteiger partial charge in [0, 0.05) is 25.6 Å². The Morgan fingerprint density at radius 2 is 2.05 bits per heavy atom. The summed E-state index contributed by atoms with van der Waals surface area (Å²) >= 11 is 0. The molecule has 0 radical (unpaired) electrons. The van der Waals surface area contributed by atoms with E-state index in [1.165, 1.54) is 50.9 Å². The van der Waals surface area contributed by atoms with Crippen LogP contribution in [0.4, 0.5) is 0 Å². The third-order valence-corrected chi connectivity index (χ3v) is 4.74. The van der Waals surface area contributed by atoms with Gasteiger partial charge in [-0.05, 0) is 63.7 Å². The molecule has 0 amide bonds. The van der Waals surface area contributed by atoms with Crippen molar-refractivity contribution in [3.8, 4) is 0 Å². The second-order valence-corrected chi connectivity index (χ2v) is 6.73. The van der Waals surface area contributed by atoms with Gasteiger partial charge in [0.1, 0.15) is 5.78 Å². The Morgan fingerprint density at radius 3 is 2.68 bits per heavy atom. The molecule has 4 nitrogen and oxygen atoms in total. The van der Waals surface area contributed by atoms with Crippen molar-refractivity contribution in [2.24, 2.45) is 5.92 Å². The fourth-order valence-corrected chi connectivity index (χ4v) is 3.24. The third kappa shape index (κ3) is 5.91. The molecule has 1 saturated heterocycles. The smallest absolute Gasteiger partial charge is 0.132 e. The average Bonchev–Trinajstić information content (AvgIpc) is 2.93. The summed E-state index contributed by atoms with van der Waals surface area (Å²) in [5.74, 6) is 1.19. The van der Waals surface area contributed by atoms with Gasteiger partial charge < -0.3 is 4.90 Å². The van der Waals surface area contributed by atoms with Gasteiger partial charge in [0.2, 0.25) is 0 Å². The van der Waals surface area contributed by atoms with Crippen LogP contribution in [0.25, 0.3) is 0 Å². The fraction of sp³-hybridized carbons (Fsp3) is 0.778. The SMILES string of the molecule is CCC(=O)CCCCCN1CCC(Cn2cc(C)cn2)CC1. The van der Waals surface area contributed by atoms with Crippen molar-refractivity contribution in [2.75, 3.05) is 19.6 Å². The number of likely N-dealkylation sites (tertiary alicyclic amines) is 1. The highest BCUT2D eigenvalue weighted by Crippen LogP contribution is 2.19. The van der Waals surface area contributed by atoms with E-state index in [9.17, 15) is 4.79 Å². The van der Waals surface area contributed by atoms with Crippen LogP contribution in [0.2, 0.25) is 0 Å². The first kappa shape index (κ1) is 17.2. The monoisotopic (exact) mass is 305 g/mol. The zero-order valence-electron chi connectivity index (χ0n) is 14.3. The standard InChI is InChI=1S/C18H31N3O/c1-3-18(22)7-5-4-6-10-20-11-8-17(9-12-20)15-21-14-16(2)13-19-21/h13-14,17H,3-12,15H2,1-2H3. The molecule has 0 spiro atoms. The van der Waals surface area contributed by atoms with Crippen molar-refractivity contribution in [3.05, 3.63) is 18.0 Å². The normalized spacial score (nSPS) is 17.0. The van der Waals surface area contributed by atoms with Gasteiger partial charge in [-0.25, -0.2) is 0 Å². The summed E-state index contributed by atoms with van der Waals surface area (Å²) in [5, 5.41) is 4.40.